The minimum Gasteiger partial charge on any atom is -0.444 e. The van der Waals surface area contributed by atoms with Crippen LogP contribution in [0, 0.1) is 5.92 Å². The molecule has 1 unspecified atom stereocenters. The lowest BCUT2D eigenvalue weighted by Gasteiger charge is -2.45. The monoisotopic (exact) mass is 440 g/mol. The van der Waals surface area contributed by atoms with Crippen molar-refractivity contribution in [2.24, 2.45) is 5.92 Å². The zero-order chi connectivity index (χ0) is 21.6. The summed E-state index contributed by atoms with van der Waals surface area (Å²) in [5.41, 5.74) is 3.18. The molecule has 0 saturated carbocycles. The van der Waals surface area contributed by atoms with E-state index in [4.69, 9.17) is 4.74 Å². The van der Waals surface area contributed by atoms with Gasteiger partial charge in [-0.2, -0.15) is 0 Å². The van der Waals surface area contributed by atoms with Gasteiger partial charge in [-0.15, -0.1) is 0 Å². The maximum Gasteiger partial charge on any atom is 0.410 e. The Kier molecular flexibility index (Phi) is 5.26. The molecule has 7 heteroatoms. The maximum atomic E-state index is 13.4. The van der Waals surface area contributed by atoms with Crippen LogP contribution in [0.1, 0.15) is 35.6 Å². The van der Waals surface area contributed by atoms with Gasteiger partial charge in [-0.25, -0.2) is 13.2 Å². The molecule has 4 aliphatic heterocycles. The quantitative estimate of drug-likeness (QED) is 0.733. The Labute approximate surface area is 183 Å². The van der Waals surface area contributed by atoms with Crippen LogP contribution in [-0.4, -0.2) is 62.8 Å². The van der Waals surface area contributed by atoms with Crippen LogP contribution in [0.15, 0.2) is 53.4 Å². The number of fused-ring (bicyclic) bond motifs is 4. The van der Waals surface area contributed by atoms with E-state index in [0.717, 1.165) is 50.0 Å². The highest BCUT2D eigenvalue weighted by Crippen LogP contribution is 2.37. The Morgan fingerprint density at radius 2 is 1.71 bits per heavy atom. The molecule has 0 aromatic heterocycles. The van der Waals surface area contributed by atoms with Gasteiger partial charge in [-0.3, -0.25) is 9.80 Å². The van der Waals surface area contributed by atoms with Crippen LogP contribution in [0.3, 0.4) is 0 Å². The summed E-state index contributed by atoms with van der Waals surface area (Å²) >= 11 is 0. The first-order valence-electron chi connectivity index (χ1n) is 11.0. The van der Waals surface area contributed by atoms with E-state index in [9.17, 15) is 13.2 Å². The first kappa shape index (κ1) is 20.5. The number of carbonyl (C=O) groups excluding carboxylic acids is 1. The predicted octanol–water partition coefficient (Wildman–Crippen LogP) is 3.27. The minimum atomic E-state index is -3.27. The third-order valence-electron chi connectivity index (χ3n) is 6.99. The molecule has 3 fully saturated rings. The van der Waals surface area contributed by atoms with Crippen molar-refractivity contribution in [2.45, 2.75) is 36.3 Å². The third kappa shape index (κ3) is 3.96. The van der Waals surface area contributed by atoms with Crippen LogP contribution in [-0.2, 0) is 21.0 Å². The number of benzene rings is 2. The number of hydrogen-bond donors (Lipinski definition) is 0. The molecule has 3 saturated heterocycles. The topological polar surface area (TPSA) is 66.9 Å². The van der Waals surface area contributed by atoms with Gasteiger partial charge in [0, 0.05) is 19.3 Å². The molecule has 31 heavy (non-hydrogen) atoms. The summed E-state index contributed by atoms with van der Waals surface area (Å²) in [5, 5.41) is 0. The van der Waals surface area contributed by atoms with Crippen LogP contribution < -0.4 is 0 Å². The molecule has 4 aliphatic rings. The van der Waals surface area contributed by atoms with Crippen molar-refractivity contribution in [3.8, 4) is 0 Å². The van der Waals surface area contributed by atoms with Crippen molar-refractivity contribution in [2.75, 3.05) is 32.4 Å². The first-order valence-corrected chi connectivity index (χ1v) is 12.9. The number of sulfone groups is 1. The summed E-state index contributed by atoms with van der Waals surface area (Å²) < 4.78 is 29.8. The van der Waals surface area contributed by atoms with Crippen LogP contribution in [0.25, 0.3) is 0 Å². The molecule has 1 amide bonds. The highest BCUT2D eigenvalue weighted by Gasteiger charge is 2.39. The molecule has 2 aromatic rings. The highest BCUT2D eigenvalue weighted by molar-refractivity contribution is 7.90. The van der Waals surface area contributed by atoms with Crippen molar-refractivity contribution < 1.29 is 17.9 Å². The molecule has 0 spiro atoms. The Hall–Kier alpha value is -2.38. The molecular formula is C24H28N2O4S. The number of hydrogen-bond acceptors (Lipinski definition) is 5. The fourth-order valence-corrected chi connectivity index (χ4v) is 5.89. The number of rotatable bonds is 3. The molecule has 2 bridgehead atoms. The van der Waals surface area contributed by atoms with E-state index in [0.29, 0.717) is 12.5 Å². The second-order valence-electron chi connectivity index (χ2n) is 8.95. The highest BCUT2D eigenvalue weighted by atomic mass is 32.2. The number of nitrogens with zero attached hydrogens (tertiary/aromatic N) is 2. The van der Waals surface area contributed by atoms with Gasteiger partial charge in [0.1, 0.15) is 6.10 Å². The molecule has 6 nitrogen and oxygen atoms in total. The Morgan fingerprint density at radius 3 is 2.35 bits per heavy atom. The third-order valence-corrected chi connectivity index (χ3v) is 8.12. The SMILES string of the molecule is CS(=O)(=O)c1ccc([C@H]2c3ccccc3CCN2C(=O)OC2CN3CCC2CC3)cc1. The van der Waals surface area contributed by atoms with E-state index < -0.39 is 9.84 Å². The van der Waals surface area contributed by atoms with Crippen LogP contribution in [0.2, 0.25) is 0 Å². The van der Waals surface area contributed by atoms with Crippen LogP contribution in [0.5, 0.6) is 0 Å². The molecule has 0 N–H and O–H groups in total. The lowest BCUT2D eigenvalue weighted by molar-refractivity contribution is -0.0462. The zero-order valence-electron chi connectivity index (χ0n) is 17.7. The van der Waals surface area contributed by atoms with Gasteiger partial charge in [-0.1, -0.05) is 36.4 Å². The lowest BCUT2D eigenvalue weighted by Crippen LogP contribution is -2.53. The molecule has 4 heterocycles. The number of ether oxygens (including phenoxy) is 1. The van der Waals surface area contributed by atoms with Gasteiger partial charge < -0.3 is 4.74 Å². The van der Waals surface area contributed by atoms with Gasteiger partial charge in [0.2, 0.25) is 0 Å². The number of piperidine rings is 3. The average Bonchev–Trinajstić information content (AvgIpc) is 2.78. The molecular weight excluding hydrogens is 412 g/mol. The normalized spacial score (nSPS) is 27.6. The van der Waals surface area contributed by atoms with Gasteiger partial charge >= 0.3 is 6.09 Å². The lowest BCUT2D eigenvalue weighted by atomic mass is 9.86. The van der Waals surface area contributed by atoms with E-state index in [1.54, 1.807) is 12.1 Å². The number of amides is 1. The summed E-state index contributed by atoms with van der Waals surface area (Å²) in [7, 11) is -3.27. The fourth-order valence-electron chi connectivity index (χ4n) is 5.26. The Morgan fingerprint density at radius 1 is 1.00 bits per heavy atom. The predicted molar refractivity (Wildman–Crippen MR) is 118 cm³/mol. The van der Waals surface area contributed by atoms with Crippen LogP contribution >= 0.6 is 0 Å². The van der Waals surface area contributed by atoms with Crippen molar-refractivity contribution in [1.82, 2.24) is 9.80 Å². The summed E-state index contributed by atoms with van der Waals surface area (Å²) in [6.45, 7) is 3.61. The Bertz CT molecular complexity index is 1080. The van der Waals surface area contributed by atoms with Gasteiger partial charge in [0.15, 0.2) is 9.84 Å². The molecule has 2 atom stereocenters. The van der Waals surface area contributed by atoms with Crippen molar-refractivity contribution >= 4 is 15.9 Å². The van der Waals surface area contributed by atoms with Crippen LogP contribution in [0.4, 0.5) is 4.79 Å². The average molecular weight is 441 g/mol. The van der Waals surface area contributed by atoms with Gasteiger partial charge in [-0.05, 0) is 67.1 Å². The molecule has 0 aliphatic carbocycles. The second kappa shape index (κ2) is 7.95. The Balaban J connectivity index is 1.45. The molecule has 0 radical (unpaired) electrons. The van der Waals surface area contributed by atoms with E-state index in [1.165, 1.54) is 11.8 Å². The standard InChI is InChI=1S/C24H28N2O4S/c1-31(28,29)20-8-6-19(7-9-20)23-21-5-3-2-4-17(21)12-15-26(23)24(27)30-22-16-25-13-10-18(22)11-14-25/h2-9,18,22-23H,10-16H2,1H3/t22?,23-/m0/s1. The minimum absolute atomic E-state index is 0.0413. The van der Waals surface area contributed by atoms with E-state index >= 15 is 0 Å². The van der Waals surface area contributed by atoms with E-state index in [2.05, 4.69) is 17.0 Å². The van der Waals surface area contributed by atoms with Crippen molar-refractivity contribution in [1.29, 1.82) is 0 Å². The van der Waals surface area contributed by atoms with E-state index in [-0.39, 0.29) is 23.1 Å². The molecule has 2 aromatic carbocycles. The second-order valence-corrected chi connectivity index (χ2v) is 11.0. The maximum absolute atomic E-state index is 13.4. The summed E-state index contributed by atoms with van der Waals surface area (Å²) in [6, 6.07) is 14.8. The van der Waals surface area contributed by atoms with E-state index in [1.807, 2.05) is 29.2 Å². The summed E-state index contributed by atoms with van der Waals surface area (Å²) in [5.74, 6) is 0.457. The summed E-state index contributed by atoms with van der Waals surface area (Å²) in [4.78, 5) is 17.8. The largest absolute Gasteiger partial charge is 0.444 e. The molecule has 6 rings (SSSR count). The smallest absolute Gasteiger partial charge is 0.410 e. The first-order chi connectivity index (χ1) is 14.9. The van der Waals surface area contributed by atoms with Crippen molar-refractivity contribution in [3.63, 3.8) is 0 Å². The van der Waals surface area contributed by atoms with Crippen molar-refractivity contribution in [3.05, 3.63) is 65.2 Å². The fraction of sp³-hybridized carbons (Fsp3) is 0.458. The van der Waals surface area contributed by atoms with Gasteiger partial charge in [0.25, 0.3) is 0 Å². The number of carbonyl (C=O) groups is 1. The zero-order valence-corrected chi connectivity index (χ0v) is 18.6. The molecule has 164 valence electrons. The van der Waals surface area contributed by atoms with Gasteiger partial charge in [0.05, 0.1) is 10.9 Å². The summed E-state index contributed by atoms with van der Waals surface area (Å²) in [6.07, 6.45) is 3.86.